The third-order valence-corrected chi connectivity index (χ3v) is 3.61. The first-order valence-electron chi connectivity index (χ1n) is 6.41. The Labute approximate surface area is 125 Å². The lowest BCUT2D eigenvalue weighted by Crippen LogP contribution is -2.05. The molecular weight excluding hydrogens is 318 g/mol. The average Bonchev–Trinajstić information content (AvgIpc) is 2.83. The number of halogens is 1. The van der Waals surface area contributed by atoms with Gasteiger partial charge in [0.2, 0.25) is 0 Å². The van der Waals surface area contributed by atoms with Crippen LogP contribution in [0, 0.1) is 6.92 Å². The summed E-state index contributed by atoms with van der Waals surface area (Å²) in [6.07, 6.45) is 2.68. The molecule has 20 heavy (non-hydrogen) atoms. The van der Waals surface area contributed by atoms with Crippen LogP contribution < -0.4 is 4.74 Å². The molecule has 0 fully saturated rings. The lowest BCUT2D eigenvalue weighted by Gasteiger charge is -2.07. The largest absolute Gasteiger partial charge is 0.493 e. The molecule has 102 valence electrons. The van der Waals surface area contributed by atoms with Crippen LogP contribution in [-0.4, -0.2) is 21.2 Å². The van der Waals surface area contributed by atoms with Gasteiger partial charge in [-0.1, -0.05) is 34.1 Å². The quantitative estimate of drug-likeness (QED) is 0.735. The van der Waals surface area contributed by atoms with Crippen LogP contribution in [0.25, 0.3) is 5.65 Å². The second-order valence-electron chi connectivity index (χ2n) is 4.55. The molecule has 0 aliphatic rings. The van der Waals surface area contributed by atoms with Crippen LogP contribution in [0.4, 0.5) is 0 Å². The van der Waals surface area contributed by atoms with Crippen molar-refractivity contribution in [3.05, 3.63) is 58.5 Å². The van der Waals surface area contributed by atoms with Crippen molar-refractivity contribution in [2.45, 2.75) is 13.3 Å². The molecule has 5 heteroatoms. The van der Waals surface area contributed by atoms with E-state index in [-0.39, 0.29) is 0 Å². The number of benzene rings is 1. The molecule has 0 aliphatic heterocycles. The maximum absolute atomic E-state index is 5.79. The summed E-state index contributed by atoms with van der Waals surface area (Å²) in [6, 6.07) is 11.9. The van der Waals surface area contributed by atoms with Gasteiger partial charge in [-0.2, -0.15) is 0 Å². The van der Waals surface area contributed by atoms with E-state index in [0.717, 1.165) is 33.7 Å². The summed E-state index contributed by atoms with van der Waals surface area (Å²) in [5.74, 6) is 1.82. The Morgan fingerprint density at radius 2 is 2.05 bits per heavy atom. The van der Waals surface area contributed by atoms with Crippen LogP contribution in [0.1, 0.15) is 11.4 Å². The van der Waals surface area contributed by atoms with Gasteiger partial charge in [0.15, 0.2) is 5.65 Å². The molecule has 0 N–H and O–H groups in total. The Balaban J connectivity index is 1.70. The number of fused-ring (bicyclic) bond motifs is 1. The third-order valence-electron chi connectivity index (χ3n) is 3.12. The maximum atomic E-state index is 5.79. The smallest absolute Gasteiger partial charge is 0.161 e. The van der Waals surface area contributed by atoms with Gasteiger partial charge in [-0.3, -0.25) is 4.40 Å². The van der Waals surface area contributed by atoms with Crippen LogP contribution in [0.3, 0.4) is 0 Å². The third kappa shape index (κ3) is 2.67. The first-order valence-corrected chi connectivity index (χ1v) is 7.21. The van der Waals surface area contributed by atoms with Crippen molar-refractivity contribution < 1.29 is 4.74 Å². The van der Waals surface area contributed by atoms with E-state index in [0.29, 0.717) is 6.61 Å². The molecule has 2 heterocycles. The Kier molecular flexibility index (Phi) is 3.69. The first kappa shape index (κ1) is 13.1. The van der Waals surface area contributed by atoms with Crippen LogP contribution >= 0.6 is 15.9 Å². The molecule has 0 unspecified atom stereocenters. The zero-order valence-electron chi connectivity index (χ0n) is 11.1. The molecule has 0 aliphatic carbocycles. The summed E-state index contributed by atoms with van der Waals surface area (Å²) in [4.78, 5) is 0. The second-order valence-corrected chi connectivity index (χ2v) is 5.47. The number of pyridine rings is 1. The standard InChI is InChI=1S/C15H14BrN3O/c1-11-4-2-3-5-13(11)20-9-7-14-17-18-15-10-12(16)6-8-19(14)15/h2-6,8,10H,7,9H2,1H3. The number of hydrogen-bond donors (Lipinski definition) is 0. The van der Waals surface area contributed by atoms with Crippen LogP contribution in [0.2, 0.25) is 0 Å². The van der Waals surface area contributed by atoms with Crippen LogP contribution in [-0.2, 0) is 6.42 Å². The van der Waals surface area contributed by atoms with Gasteiger partial charge in [-0.15, -0.1) is 10.2 Å². The molecule has 3 rings (SSSR count). The summed E-state index contributed by atoms with van der Waals surface area (Å²) in [6.45, 7) is 2.63. The number of para-hydroxylation sites is 1. The fourth-order valence-corrected chi connectivity index (χ4v) is 2.38. The van der Waals surface area contributed by atoms with Crippen LogP contribution in [0.15, 0.2) is 47.1 Å². The molecule has 3 aromatic rings. The van der Waals surface area contributed by atoms with Gasteiger partial charge in [-0.25, -0.2) is 0 Å². The summed E-state index contributed by atoms with van der Waals surface area (Å²) < 4.78 is 8.77. The van der Waals surface area contributed by atoms with Gasteiger partial charge < -0.3 is 4.74 Å². The molecule has 0 atom stereocenters. The van der Waals surface area contributed by atoms with E-state index in [4.69, 9.17) is 4.74 Å². The van der Waals surface area contributed by atoms with Gasteiger partial charge in [0.1, 0.15) is 11.6 Å². The van der Waals surface area contributed by atoms with E-state index in [1.165, 1.54) is 0 Å². The van der Waals surface area contributed by atoms with Gasteiger partial charge in [0, 0.05) is 17.1 Å². The van der Waals surface area contributed by atoms with E-state index in [1.54, 1.807) is 0 Å². The average molecular weight is 332 g/mol. The normalized spacial score (nSPS) is 10.9. The van der Waals surface area contributed by atoms with Crippen molar-refractivity contribution in [3.63, 3.8) is 0 Å². The predicted molar refractivity (Wildman–Crippen MR) is 81.1 cm³/mol. The van der Waals surface area contributed by atoms with E-state index >= 15 is 0 Å². The van der Waals surface area contributed by atoms with Crippen molar-refractivity contribution in [2.75, 3.05) is 6.61 Å². The lowest BCUT2D eigenvalue weighted by atomic mass is 10.2. The first-order chi connectivity index (χ1) is 9.74. The number of rotatable bonds is 4. The summed E-state index contributed by atoms with van der Waals surface area (Å²) >= 11 is 3.43. The Bertz CT molecular complexity index is 739. The number of hydrogen-bond acceptors (Lipinski definition) is 3. The van der Waals surface area contributed by atoms with Crippen molar-refractivity contribution in [3.8, 4) is 5.75 Å². The van der Waals surface area contributed by atoms with Gasteiger partial charge >= 0.3 is 0 Å². The minimum absolute atomic E-state index is 0.585. The minimum atomic E-state index is 0.585. The van der Waals surface area contributed by atoms with Gasteiger partial charge in [0.05, 0.1) is 6.61 Å². The second kappa shape index (κ2) is 5.63. The Hall–Kier alpha value is -1.88. The van der Waals surface area contributed by atoms with Gasteiger partial charge in [0.25, 0.3) is 0 Å². The SMILES string of the molecule is Cc1ccccc1OCCc1nnc2cc(Br)ccn12. The number of ether oxygens (including phenoxy) is 1. The van der Waals surface area contributed by atoms with Crippen LogP contribution in [0.5, 0.6) is 5.75 Å². The molecule has 1 aromatic carbocycles. The van der Waals surface area contributed by atoms with Crippen molar-refractivity contribution in [1.29, 1.82) is 0 Å². The number of nitrogens with zero attached hydrogens (tertiary/aromatic N) is 3. The van der Waals surface area contributed by atoms with Gasteiger partial charge in [-0.05, 0) is 30.7 Å². The molecule has 0 saturated carbocycles. The zero-order valence-corrected chi connectivity index (χ0v) is 12.7. The highest BCUT2D eigenvalue weighted by Gasteiger charge is 2.06. The molecule has 0 saturated heterocycles. The maximum Gasteiger partial charge on any atom is 0.161 e. The highest BCUT2D eigenvalue weighted by atomic mass is 79.9. The van der Waals surface area contributed by atoms with Crippen molar-refractivity contribution in [1.82, 2.24) is 14.6 Å². The van der Waals surface area contributed by atoms with E-state index in [9.17, 15) is 0 Å². The summed E-state index contributed by atoms with van der Waals surface area (Å²) in [7, 11) is 0. The zero-order chi connectivity index (χ0) is 13.9. The predicted octanol–water partition coefficient (Wildman–Crippen LogP) is 3.42. The van der Waals surface area contributed by atoms with E-state index in [1.807, 2.05) is 53.9 Å². The molecule has 0 radical (unpaired) electrons. The van der Waals surface area contributed by atoms with E-state index < -0.39 is 0 Å². The molecule has 2 aromatic heterocycles. The summed E-state index contributed by atoms with van der Waals surface area (Å²) in [5.41, 5.74) is 1.98. The Morgan fingerprint density at radius 1 is 1.20 bits per heavy atom. The fourth-order valence-electron chi connectivity index (χ4n) is 2.06. The van der Waals surface area contributed by atoms with Crippen molar-refractivity contribution >= 4 is 21.6 Å². The fraction of sp³-hybridized carbons (Fsp3) is 0.200. The molecular formula is C15H14BrN3O. The summed E-state index contributed by atoms with van der Waals surface area (Å²) in [5, 5.41) is 8.35. The molecule has 0 amide bonds. The minimum Gasteiger partial charge on any atom is -0.493 e. The van der Waals surface area contributed by atoms with E-state index in [2.05, 4.69) is 26.1 Å². The highest BCUT2D eigenvalue weighted by molar-refractivity contribution is 9.10. The molecule has 4 nitrogen and oxygen atoms in total. The Morgan fingerprint density at radius 3 is 2.90 bits per heavy atom. The monoisotopic (exact) mass is 331 g/mol. The topological polar surface area (TPSA) is 39.4 Å². The lowest BCUT2D eigenvalue weighted by molar-refractivity contribution is 0.316. The number of aryl methyl sites for hydroxylation is 1. The number of aromatic nitrogens is 3. The highest BCUT2D eigenvalue weighted by Crippen LogP contribution is 2.17. The van der Waals surface area contributed by atoms with Crippen molar-refractivity contribution in [2.24, 2.45) is 0 Å². The molecule has 0 bridgehead atoms. The molecule has 0 spiro atoms.